The molecule has 1 heterocycles. The van der Waals surface area contributed by atoms with E-state index in [-0.39, 0.29) is 24.0 Å². The number of carbonyl (C=O) groups is 1. The summed E-state index contributed by atoms with van der Waals surface area (Å²) in [5.41, 5.74) is -0.0851. The molecule has 1 amide bonds. The third-order valence-electron chi connectivity index (χ3n) is 4.08. The number of hydrogen-bond acceptors (Lipinski definition) is 5. The zero-order chi connectivity index (χ0) is 16.0. The van der Waals surface area contributed by atoms with Crippen molar-refractivity contribution >= 4 is 24.0 Å². The van der Waals surface area contributed by atoms with Crippen LogP contribution in [-0.4, -0.2) is 43.2 Å². The average Bonchev–Trinajstić information content (AvgIpc) is 2.55. The molecular weight excluding hydrogens is 322 g/mol. The van der Waals surface area contributed by atoms with Crippen molar-refractivity contribution in [3.8, 4) is 0 Å². The predicted molar refractivity (Wildman–Crippen MR) is 88.9 cm³/mol. The van der Waals surface area contributed by atoms with Crippen LogP contribution in [0.5, 0.6) is 0 Å². The molecule has 1 fully saturated rings. The molecule has 0 bridgehead atoms. The van der Waals surface area contributed by atoms with Gasteiger partial charge in [0.1, 0.15) is 5.60 Å². The molecule has 1 aliphatic heterocycles. The minimum Gasteiger partial charge on any atom is -0.368 e. The second kappa shape index (κ2) is 8.81. The maximum atomic E-state index is 12.4. The highest BCUT2D eigenvalue weighted by atomic mass is 35.5. The van der Waals surface area contributed by atoms with Crippen LogP contribution in [0, 0.1) is 10.1 Å². The van der Waals surface area contributed by atoms with Gasteiger partial charge in [0.05, 0.1) is 4.92 Å². The van der Waals surface area contributed by atoms with Crippen molar-refractivity contribution < 1.29 is 14.5 Å². The lowest BCUT2D eigenvalue weighted by atomic mass is 9.91. The Bertz CT molecular complexity index is 547. The van der Waals surface area contributed by atoms with E-state index in [4.69, 9.17) is 4.74 Å². The number of methoxy groups -OCH3 is 1. The number of nitrogens with zero attached hydrogens (tertiary/aromatic N) is 1. The van der Waals surface area contributed by atoms with E-state index >= 15 is 0 Å². The Labute approximate surface area is 141 Å². The molecule has 0 unspecified atom stereocenters. The number of halogens is 1. The van der Waals surface area contributed by atoms with Crippen LogP contribution in [0.15, 0.2) is 24.3 Å². The number of carbonyl (C=O) groups excluding carboxylic acids is 1. The highest BCUT2D eigenvalue weighted by molar-refractivity contribution is 5.85. The maximum absolute atomic E-state index is 12.4. The summed E-state index contributed by atoms with van der Waals surface area (Å²) in [6, 6.07) is 6.57. The standard InChI is InChI=1S/C15H21N3O4.ClH/c1-22-15(7-10-16-11-8-15)14(19)17-9-6-12-4-2-3-5-13(12)18(20)21;/h2-5,16H,6-11H2,1H3,(H,17,19);1H. The molecule has 0 spiro atoms. The van der Waals surface area contributed by atoms with Crippen molar-refractivity contribution in [1.82, 2.24) is 10.6 Å². The van der Waals surface area contributed by atoms with Crippen LogP contribution in [0.2, 0.25) is 0 Å². The Morgan fingerprint density at radius 3 is 2.65 bits per heavy atom. The summed E-state index contributed by atoms with van der Waals surface area (Å²) in [7, 11) is 1.55. The van der Waals surface area contributed by atoms with Crippen LogP contribution in [0.3, 0.4) is 0 Å². The van der Waals surface area contributed by atoms with Crippen LogP contribution in [0.1, 0.15) is 18.4 Å². The Morgan fingerprint density at radius 2 is 2.04 bits per heavy atom. The molecule has 8 heteroatoms. The van der Waals surface area contributed by atoms with Crippen molar-refractivity contribution in [2.75, 3.05) is 26.7 Å². The number of nitrogens with one attached hydrogen (secondary N) is 2. The zero-order valence-electron chi connectivity index (χ0n) is 13.0. The van der Waals surface area contributed by atoms with E-state index < -0.39 is 10.5 Å². The Kier molecular flexibility index (Phi) is 7.41. The first kappa shape index (κ1) is 19.3. The lowest BCUT2D eigenvalue weighted by molar-refractivity contribution is -0.385. The highest BCUT2D eigenvalue weighted by Gasteiger charge is 2.39. The van der Waals surface area contributed by atoms with E-state index in [9.17, 15) is 14.9 Å². The topological polar surface area (TPSA) is 93.5 Å². The summed E-state index contributed by atoms with van der Waals surface area (Å²) < 4.78 is 5.45. The number of nitro benzene ring substituents is 1. The van der Waals surface area contributed by atoms with E-state index in [0.29, 0.717) is 31.4 Å². The van der Waals surface area contributed by atoms with Crippen LogP contribution >= 0.6 is 12.4 Å². The Balaban J connectivity index is 0.00000264. The van der Waals surface area contributed by atoms with E-state index in [1.807, 2.05) is 0 Å². The third kappa shape index (κ3) is 4.63. The number of para-hydroxylation sites is 1. The second-order valence-corrected chi connectivity index (χ2v) is 5.34. The van der Waals surface area contributed by atoms with Crippen LogP contribution in [0.4, 0.5) is 5.69 Å². The lowest BCUT2D eigenvalue weighted by Crippen LogP contribution is -2.54. The fourth-order valence-corrected chi connectivity index (χ4v) is 2.73. The molecule has 7 nitrogen and oxygen atoms in total. The second-order valence-electron chi connectivity index (χ2n) is 5.34. The quantitative estimate of drug-likeness (QED) is 0.602. The van der Waals surface area contributed by atoms with E-state index in [1.54, 1.807) is 25.3 Å². The normalized spacial score (nSPS) is 16.2. The van der Waals surface area contributed by atoms with Gasteiger partial charge in [-0.1, -0.05) is 18.2 Å². The number of rotatable bonds is 6. The summed E-state index contributed by atoms with van der Waals surface area (Å²) in [5, 5.41) is 17.0. The van der Waals surface area contributed by atoms with Gasteiger partial charge in [-0.3, -0.25) is 14.9 Å². The van der Waals surface area contributed by atoms with E-state index in [0.717, 1.165) is 13.1 Å². The molecule has 23 heavy (non-hydrogen) atoms. The monoisotopic (exact) mass is 343 g/mol. The molecule has 1 aliphatic rings. The molecule has 0 aromatic heterocycles. The average molecular weight is 344 g/mol. The van der Waals surface area contributed by atoms with Gasteiger partial charge in [0.2, 0.25) is 0 Å². The van der Waals surface area contributed by atoms with Crippen LogP contribution in [0.25, 0.3) is 0 Å². The van der Waals surface area contributed by atoms with Crippen LogP contribution in [-0.2, 0) is 16.0 Å². The SMILES string of the molecule is COC1(C(=O)NCCc2ccccc2[N+](=O)[O-])CCNCC1.Cl. The van der Waals surface area contributed by atoms with Crippen LogP contribution < -0.4 is 10.6 Å². The van der Waals surface area contributed by atoms with Crippen molar-refractivity contribution in [2.45, 2.75) is 24.9 Å². The molecule has 0 aliphatic carbocycles. The predicted octanol–water partition coefficient (Wildman–Crippen LogP) is 1.44. The summed E-state index contributed by atoms with van der Waals surface area (Å²) in [4.78, 5) is 22.9. The fourth-order valence-electron chi connectivity index (χ4n) is 2.73. The first-order chi connectivity index (χ1) is 10.6. The van der Waals surface area contributed by atoms with Crippen molar-refractivity contribution in [2.24, 2.45) is 0 Å². The molecule has 2 rings (SSSR count). The molecule has 2 N–H and O–H groups in total. The maximum Gasteiger partial charge on any atom is 0.272 e. The van der Waals surface area contributed by atoms with Crippen molar-refractivity contribution in [3.63, 3.8) is 0 Å². The molecule has 0 saturated carbocycles. The first-order valence-corrected chi connectivity index (χ1v) is 7.35. The largest absolute Gasteiger partial charge is 0.368 e. The molecule has 1 aromatic rings. The van der Waals surface area contributed by atoms with Gasteiger partial charge in [-0.05, 0) is 32.4 Å². The summed E-state index contributed by atoms with van der Waals surface area (Å²) in [5.74, 6) is -0.143. The number of piperidine rings is 1. The molecule has 1 aromatic carbocycles. The number of ether oxygens (including phenoxy) is 1. The van der Waals surface area contributed by atoms with Gasteiger partial charge in [-0.25, -0.2) is 0 Å². The minimum absolute atomic E-state index is 0. The molecule has 0 atom stereocenters. The first-order valence-electron chi connectivity index (χ1n) is 7.35. The molecule has 1 saturated heterocycles. The zero-order valence-corrected chi connectivity index (χ0v) is 13.9. The fraction of sp³-hybridized carbons (Fsp3) is 0.533. The van der Waals surface area contributed by atoms with Gasteiger partial charge in [0.25, 0.3) is 11.6 Å². The smallest absolute Gasteiger partial charge is 0.272 e. The summed E-state index contributed by atoms with van der Waals surface area (Å²) in [6.45, 7) is 1.83. The molecule has 128 valence electrons. The number of hydrogen-bond donors (Lipinski definition) is 2. The summed E-state index contributed by atoms with van der Waals surface area (Å²) in [6.07, 6.45) is 1.67. The third-order valence-corrected chi connectivity index (χ3v) is 4.08. The van der Waals surface area contributed by atoms with Gasteiger partial charge < -0.3 is 15.4 Å². The van der Waals surface area contributed by atoms with Gasteiger partial charge in [0, 0.05) is 25.3 Å². The van der Waals surface area contributed by atoms with Crippen molar-refractivity contribution in [1.29, 1.82) is 0 Å². The Morgan fingerprint density at radius 1 is 1.39 bits per heavy atom. The van der Waals surface area contributed by atoms with E-state index in [1.165, 1.54) is 6.07 Å². The Hall–Kier alpha value is -1.70. The number of benzene rings is 1. The van der Waals surface area contributed by atoms with E-state index in [2.05, 4.69) is 10.6 Å². The van der Waals surface area contributed by atoms with Gasteiger partial charge in [-0.15, -0.1) is 12.4 Å². The van der Waals surface area contributed by atoms with Gasteiger partial charge in [-0.2, -0.15) is 0 Å². The molecular formula is C15H22ClN3O4. The lowest BCUT2D eigenvalue weighted by Gasteiger charge is -2.34. The summed E-state index contributed by atoms with van der Waals surface area (Å²) >= 11 is 0. The van der Waals surface area contributed by atoms with Gasteiger partial charge in [0.15, 0.2) is 0 Å². The highest BCUT2D eigenvalue weighted by Crippen LogP contribution is 2.23. The van der Waals surface area contributed by atoms with Crippen molar-refractivity contribution in [3.05, 3.63) is 39.9 Å². The number of nitro groups is 1. The number of amides is 1. The molecule has 0 radical (unpaired) electrons. The minimum atomic E-state index is -0.784. The van der Waals surface area contributed by atoms with Gasteiger partial charge >= 0.3 is 0 Å².